The van der Waals surface area contributed by atoms with Crippen LogP contribution in [0.25, 0.3) is 0 Å². The molecule has 0 heterocycles. The predicted octanol–water partition coefficient (Wildman–Crippen LogP) is 2.34. The summed E-state index contributed by atoms with van der Waals surface area (Å²) in [6, 6.07) is 0. The summed E-state index contributed by atoms with van der Waals surface area (Å²) in [5, 5.41) is 0. The van der Waals surface area contributed by atoms with E-state index in [1.165, 1.54) is 6.42 Å². The number of Topliss-reactive ketones (excluding diaryl/α,β-unsaturated/α-hetero) is 1. The Morgan fingerprint density at radius 3 is 2.85 bits per heavy atom. The van der Waals surface area contributed by atoms with Gasteiger partial charge < -0.3 is 0 Å². The van der Waals surface area contributed by atoms with Crippen molar-refractivity contribution in [2.24, 2.45) is 23.7 Å². The molecule has 1 saturated carbocycles. The minimum absolute atomic E-state index is 0.338. The fraction of sp³-hybridized carbons (Fsp3) is 0.583. The molecule has 4 atom stereocenters. The van der Waals surface area contributed by atoms with Gasteiger partial charge in [0.25, 0.3) is 0 Å². The molecule has 0 N–H and O–H groups in total. The van der Waals surface area contributed by atoms with Crippen molar-refractivity contribution in [3.05, 3.63) is 23.8 Å². The van der Waals surface area contributed by atoms with Crippen molar-refractivity contribution in [3.8, 4) is 0 Å². The van der Waals surface area contributed by atoms with Gasteiger partial charge in [-0.05, 0) is 36.2 Å². The number of carbonyl (C=O) groups excluding carboxylic acids is 1. The zero-order valence-corrected chi connectivity index (χ0v) is 7.86. The van der Waals surface area contributed by atoms with Crippen molar-refractivity contribution in [3.63, 3.8) is 0 Å². The van der Waals surface area contributed by atoms with Crippen molar-refractivity contribution in [2.45, 2.75) is 19.8 Å². The van der Waals surface area contributed by atoms with Crippen LogP contribution in [-0.4, -0.2) is 5.78 Å². The van der Waals surface area contributed by atoms with E-state index in [9.17, 15) is 4.79 Å². The highest BCUT2D eigenvalue weighted by molar-refractivity contribution is 6.00. The zero-order valence-electron chi connectivity index (χ0n) is 7.86. The first kappa shape index (κ1) is 7.54. The number of rotatable bonds is 1. The number of fused-ring (bicyclic) bond motifs is 5. The van der Waals surface area contributed by atoms with Gasteiger partial charge in [0.15, 0.2) is 5.78 Å². The van der Waals surface area contributed by atoms with Gasteiger partial charge in [0, 0.05) is 5.92 Å². The molecule has 3 aliphatic carbocycles. The molecule has 3 rings (SSSR count). The molecular formula is C12H14O. The average molecular weight is 174 g/mol. The topological polar surface area (TPSA) is 17.1 Å². The lowest BCUT2D eigenvalue weighted by Crippen LogP contribution is -2.21. The molecule has 0 spiro atoms. The van der Waals surface area contributed by atoms with Crippen LogP contribution in [0.15, 0.2) is 23.8 Å². The molecule has 1 fully saturated rings. The minimum atomic E-state index is 0.338. The smallest absolute Gasteiger partial charge is 0.162 e. The van der Waals surface area contributed by atoms with Crippen LogP contribution < -0.4 is 0 Å². The van der Waals surface area contributed by atoms with E-state index < -0.39 is 0 Å². The van der Waals surface area contributed by atoms with Crippen LogP contribution in [0.2, 0.25) is 0 Å². The Bertz CT molecular complexity index is 324. The fourth-order valence-corrected chi connectivity index (χ4v) is 3.28. The average Bonchev–Trinajstić information content (AvgIpc) is 2.76. The van der Waals surface area contributed by atoms with Crippen LogP contribution in [0.5, 0.6) is 0 Å². The number of ketones is 1. The lowest BCUT2D eigenvalue weighted by atomic mass is 9.85. The van der Waals surface area contributed by atoms with Crippen molar-refractivity contribution >= 4 is 5.78 Å². The largest absolute Gasteiger partial charge is 0.294 e. The van der Waals surface area contributed by atoms with Gasteiger partial charge in [-0.15, -0.1) is 0 Å². The number of carbonyl (C=O) groups is 1. The van der Waals surface area contributed by atoms with Crippen molar-refractivity contribution in [2.75, 3.05) is 0 Å². The SMILES string of the molecule is CCC1=C[C@H]2[C@@H](C1=O)[C@@H]1C=C[C@H]2C1. The molecular weight excluding hydrogens is 160 g/mol. The summed E-state index contributed by atoms with van der Waals surface area (Å²) in [5.74, 6) is 2.61. The van der Waals surface area contributed by atoms with Crippen molar-refractivity contribution in [1.29, 1.82) is 0 Å². The highest BCUT2D eigenvalue weighted by Crippen LogP contribution is 2.53. The molecule has 0 radical (unpaired) electrons. The van der Waals surface area contributed by atoms with Crippen molar-refractivity contribution < 1.29 is 4.79 Å². The molecule has 0 aromatic heterocycles. The van der Waals surface area contributed by atoms with E-state index in [0.717, 1.165) is 12.0 Å². The second-order valence-corrected chi connectivity index (χ2v) is 4.46. The molecule has 0 amide bonds. The lowest BCUT2D eigenvalue weighted by Gasteiger charge is -2.17. The standard InChI is InChI=1S/C12H14O/c1-2-7-6-10-8-3-4-9(5-8)11(10)12(7)13/h3-4,6,8-11H,2,5H2,1H3/t8-,9+,10+,11-/m0/s1. The van der Waals surface area contributed by atoms with Crippen LogP contribution in [-0.2, 0) is 4.79 Å². The zero-order chi connectivity index (χ0) is 9.00. The van der Waals surface area contributed by atoms with E-state index in [0.29, 0.717) is 29.5 Å². The van der Waals surface area contributed by atoms with Crippen LogP contribution in [0, 0.1) is 23.7 Å². The van der Waals surface area contributed by atoms with E-state index in [4.69, 9.17) is 0 Å². The summed E-state index contributed by atoms with van der Waals surface area (Å²) in [4.78, 5) is 11.9. The molecule has 2 bridgehead atoms. The van der Waals surface area contributed by atoms with Gasteiger partial charge in [-0.25, -0.2) is 0 Å². The van der Waals surface area contributed by atoms with E-state index in [1.54, 1.807) is 0 Å². The molecule has 0 aliphatic heterocycles. The van der Waals surface area contributed by atoms with Gasteiger partial charge in [-0.3, -0.25) is 4.79 Å². The monoisotopic (exact) mass is 174 g/mol. The Labute approximate surface area is 78.5 Å². The van der Waals surface area contributed by atoms with E-state index in [1.807, 2.05) is 0 Å². The van der Waals surface area contributed by atoms with Gasteiger partial charge in [0.05, 0.1) is 0 Å². The maximum absolute atomic E-state index is 11.9. The van der Waals surface area contributed by atoms with Crippen LogP contribution >= 0.6 is 0 Å². The van der Waals surface area contributed by atoms with E-state index in [2.05, 4.69) is 25.2 Å². The highest BCUT2D eigenvalue weighted by Gasteiger charge is 2.50. The summed E-state index contributed by atoms with van der Waals surface area (Å²) in [5.41, 5.74) is 1.09. The third-order valence-corrected chi connectivity index (χ3v) is 3.91. The fourth-order valence-electron chi connectivity index (χ4n) is 3.28. The van der Waals surface area contributed by atoms with E-state index >= 15 is 0 Å². The number of allylic oxidation sites excluding steroid dienone is 4. The third kappa shape index (κ3) is 0.800. The van der Waals surface area contributed by atoms with Crippen LogP contribution in [0.3, 0.4) is 0 Å². The van der Waals surface area contributed by atoms with Crippen LogP contribution in [0.1, 0.15) is 19.8 Å². The third-order valence-electron chi connectivity index (χ3n) is 3.91. The van der Waals surface area contributed by atoms with Crippen molar-refractivity contribution in [1.82, 2.24) is 0 Å². The molecule has 3 aliphatic rings. The normalized spacial score (nSPS) is 45.6. The summed E-state index contributed by atoms with van der Waals surface area (Å²) in [7, 11) is 0. The Morgan fingerprint density at radius 1 is 1.38 bits per heavy atom. The maximum Gasteiger partial charge on any atom is 0.162 e. The summed E-state index contributed by atoms with van der Waals surface area (Å²) in [6.45, 7) is 2.08. The van der Waals surface area contributed by atoms with E-state index in [-0.39, 0.29) is 0 Å². The van der Waals surface area contributed by atoms with Gasteiger partial charge >= 0.3 is 0 Å². The number of hydrogen-bond acceptors (Lipinski definition) is 1. The Balaban J connectivity index is 2.00. The second kappa shape index (κ2) is 2.34. The minimum Gasteiger partial charge on any atom is -0.294 e. The Hall–Kier alpha value is -0.850. The molecule has 0 saturated heterocycles. The van der Waals surface area contributed by atoms with Crippen LogP contribution in [0.4, 0.5) is 0 Å². The molecule has 68 valence electrons. The quantitative estimate of drug-likeness (QED) is 0.558. The Kier molecular flexibility index (Phi) is 1.36. The molecule has 0 aromatic rings. The highest BCUT2D eigenvalue weighted by atomic mass is 16.1. The first-order valence-corrected chi connectivity index (χ1v) is 5.24. The van der Waals surface area contributed by atoms with Gasteiger partial charge in [0.2, 0.25) is 0 Å². The molecule has 13 heavy (non-hydrogen) atoms. The van der Waals surface area contributed by atoms with Gasteiger partial charge in [-0.2, -0.15) is 0 Å². The second-order valence-electron chi connectivity index (χ2n) is 4.46. The molecule has 1 nitrogen and oxygen atoms in total. The first-order valence-electron chi connectivity index (χ1n) is 5.24. The summed E-state index contributed by atoms with van der Waals surface area (Å²) >= 11 is 0. The summed E-state index contributed by atoms with van der Waals surface area (Å²) in [6.07, 6.45) is 8.98. The van der Waals surface area contributed by atoms with Gasteiger partial charge in [0.1, 0.15) is 0 Å². The summed E-state index contributed by atoms with van der Waals surface area (Å²) < 4.78 is 0. The van der Waals surface area contributed by atoms with Gasteiger partial charge in [-0.1, -0.05) is 25.2 Å². The molecule has 1 heteroatoms. The maximum atomic E-state index is 11.9. The molecule has 0 aromatic carbocycles. The first-order chi connectivity index (χ1) is 6.31. The number of hydrogen-bond donors (Lipinski definition) is 0. The predicted molar refractivity (Wildman–Crippen MR) is 51.1 cm³/mol. The molecule has 0 unspecified atom stereocenters. The lowest BCUT2D eigenvalue weighted by molar-refractivity contribution is -0.119. The Morgan fingerprint density at radius 2 is 2.15 bits per heavy atom.